The third kappa shape index (κ3) is 3.30. The number of halogens is 3. The number of hydrogen-bond acceptors (Lipinski definition) is 2. The first-order valence-electron chi connectivity index (χ1n) is 4.80. The highest BCUT2D eigenvalue weighted by Crippen LogP contribution is 2.33. The van der Waals surface area contributed by atoms with Gasteiger partial charge in [0.05, 0.1) is 5.92 Å². The normalized spacial score (nSPS) is 21.4. The molecule has 1 heterocycles. The largest absolute Gasteiger partial charge is 0.393 e. The minimum Gasteiger partial charge on any atom is -0.342 e. The SMILES string of the molecule is [N-]=[N+]=NCC(=O)N1CCC[C@H](C(F)(F)F)C1. The van der Waals surface area contributed by atoms with E-state index in [0.717, 1.165) is 4.90 Å². The molecule has 16 heavy (non-hydrogen) atoms. The maximum absolute atomic E-state index is 12.4. The van der Waals surface area contributed by atoms with Gasteiger partial charge in [0.2, 0.25) is 5.91 Å². The van der Waals surface area contributed by atoms with Crippen molar-refractivity contribution in [1.29, 1.82) is 0 Å². The van der Waals surface area contributed by atoms with Crippen LogP contribution >= 0.6 is 0 Å². The summed E-state index contributed by atoms with van der Waals surface area (Å²) in [4.78, 5) is 14.8. The van der Waals surface area contributed by atoms with Gasteiger partial charge in [-0.1, -0.05) is 5.11 Å². The number of azide groups is 1. The second-order valence-corrected chi connectivity index (χ2v) is 3.61. The third-order valence-corrected chi connectivity index (χ3v) is 2.51. The number of rotatable bonds is 2. The summed E-state index contributed by atoms with van der Waals surface area (Å²) in [5, 5.41) is 3.04. The first-order valence-corrected chi connectivity index (χ1v) is 4.80. The van der Waals surface area contributed by atoms with Crippen molar-refractivity contribution in [2.75, 3.05) is 19.6 Å². The Kier molecular flexibility index (Phi) is 4.00. The average molecular weight is 236 g/mol. The summed E-state index contributed by atoms with van der Waals surface area (Å²) in [6.07, 6.45) is -3.89. The van der Waals surface area contributed by atoms with Crippen LogP contribution in [0.5, 0.6) is 0 Å². The van der Waals surface area contributed by atoms with E-state index < -0.39 is 24.5 Å². The van der Waals surface area contributed by atoms with Crippen LogP contribution in [0.25, 0.3) is 10.4 Å². The van der Waals surface area contributed by atoms with Gasteiger partial charge in [-0.25, -0.2) is 0 Å². The predicted octanol–water partition coefficient (Wildman–Crippen LogP) is 2.10. The van der Waals surface area contributed by atoms with E-state index in [1.807, 2.05) is 0 Å². The van der Waals surface area contributed by atoms with Gasteiger partial charge in [-0.2, -0.15) is 13.2 Å². The maximum atomic E-state index is 12.4. The van der Waals surface area contributed by atoms with Crippen LogP contribution in [0.3, 0.4) is 0 Å². The number of carbonyl (C=O) groups is 1. The lowest BCUT2D eigenvalue weighted by Gasteiger charge is -2.33. The van der Waals surface area contributed by atoms with Crippen molar-refractivity contribution in [2.45, 2.75) is 19.0 Å². The van der Waals surface area contributed by atoms with E-state index in [1.54, 1.807) is 0 Å². The van der Waals surface area contributed by atoms with Crippen molar-refractivity contribution in [2.24, 2.45) is 11.0 Å². The van der Waals surface area contributed by atoms with Crippen LogP contribution in [0.2, 0.25) is 0 Å². The van der Waals surface area contributed by atoms with Gasteiger partial charge in [-0.3, -0.25) is 4.79 Å². The average Bonchev–Trinajstić information content (AvgIpc) is 2.25. The van der Waals surface area contributed by atoms with Crippen molar-refractivity contribution in [1.82, 2.24) is 4.90 Å². The molecule has 1 fully saturated rings. The van der Waals surface area contributed by atoms with Crippen LogP contribution in [0.15, 0.2) is 5.11 Å². The zero-order valence-electron chi connectivity index (χ0n) is 8.44. The molecule has 1 rings (SSSR count). The standard InChI is InChI=1S/C8H11F3N4O/c9-8(10,11)6-2-1-3-15(5-6)7(16)4-13-14-12/h6H,1-5H2/t6-/m0/s1. The molecule has 0 spiro atoms. The Hall–Kier alpha value is -1.43. The number of piperidine rings is 1. The molecule has 0 aliphatic carbocycles. The van der Waals surface area contributed by atoms with Gasteiger partial charge in [0.1, 0.15) is 6.54 Å². The summed E-state index contributed by atoms with van der Waals surface area (Å²) in [5.74, 6) is -2.01. The number of likely N-dealkylation sites (tertiary alicyclic amines) is 1. The van der Waals surface area contributed by atoms with Crippen molar-refractivity contribution in [3.63, 3.8) is 0 Å². The second-order valence-electron chi connectivity index (χ2n) is 3.61. The Labute approximate surface area is 89.8 Å². The van der Waals surface area contributed by atoms with Crippen LogP contribution in [0, 0.1) is 5.92 Å². The molecular weight excluding hydrogens is 225 g/mol. The smallest absolute Gasteiger partial charge is 0.342 e. The van der Waals surface area contributed by atoms with E-state index in [2.05, 4.69) is 10.0 Å². The van der Waals surface area contributed by atoms with Crippen LogP contribution in [-0.2, 0) is 4.79 Å². The second kappa shape index (κ2) is 5.07. The quantitative estimate of drug-likeness (QED) is 0.411. The van der Waals surface area contributed by atoms with E-state index in [4.69, 9.17) is 5.53 Å². The van der Waals surface area contributed by atoms with Gasteiger partial charge in [-0.05, 0) is 18.4 Å². The van der Waals surface area contributed by atoms with Gasteiger partial charge < -0.3 is 4.90 Å². The van der Waals surface area contributed by atoms with Gasteiger partial charge in [0, 0.05) is 18.0 Å². The first kappa shape index (κ1) is 12.6. The molecule has 1 saturated heterocycles. The fourth-order valence-electron chi connectivity index (χ4n) is 1.66. The summed E-state index contributed by atoms with van der Waals surface area (Å²) in [6.45, 7) is -0.448. The number of hydrogen-bond donors (Lipinski definition) is 0. The van der Waals surface area contributed by atoms with Crippen LogP contribution in [0.1, 0.15) is 12.8 Å². The Morgan fingerprint density at radius 2 is 2.25 bits per heavy atom. The molecule has 1 atom stereocenters. The summed E-state index contributed by atoms with van der Waals surface area (Å²) < 4.78 is 37.2. The van der Waals surface area contributed by atoms with E-state index in [0.29, 0.717) is 13.0 Å². The fourth-order valence-corrected chi connectivity index (χ4v) is 1.66. The molecule has 5 nitrogen and oxygen atoms in total. The maximum Gasteiger partial charge on any atom is 0.393 e. The predicted molar refractivity (Wildman–Crippen MR) is 49.4 cm³/mol. The molecule has 0 N–H and O–H groups in total. The van der Waals surface area contributed by atoms with Crippen molar-refractivity contribution < 1.29 is 18.0 Å². The fraction of sp³-hybridized carbons (Fsp3) is 0.875. The summed E-state index contributed by atoms with van der Waals surface area (Å²) in [5.41, 5.74) is 8.00. The van der Waals surface area contributed by atoms with Crippen molar-refractivity contribution in [3.05, 3.63) is 10.4 Å². The summed E-state index contributed by atoms with van der Waals surface area (Å²) in [7, 11) is 0. The summed E-state index contributed by atoms with van der Waals surface area (Å²) >= 11 is 0. The van der Waals surface area contributed by atoms with Crippen LogP contribution in [-0.4, -0.2) is 36.6 Å². The number of amides is 1. The van der Waals surface area contributed by atoms with E-state index in [9.17, 15) is 18.0 Å². The third-order valence-electron chi connectivity index (χ3n) is 2.51. The Morgan fingerprint density at radius 1 is 1.56 bits per heavy atom. The molecule has 0 aromatic rings. The molecule has 8 heteroatoms. The van der Waals surface area contributed by atoms with E-state index in [-0.39, 0.29) is 13.0 Å². The number of carbonyl (C=O) groups excluding carboxylic acids is 1. The molecule has 0 unspecified atom stereocenters. The molecule has 90 valence electrons. The van der Waals surface area contributed by atoms with Crippen LogP contribution in [0.4, 0.5) is 13.2 Å². The molecule has 0 radical (unpaired) electrons. The zero-order chi connectivity index (χ0) is 12.2. The Balaban J connectivity index is 2.56. The highest BCUT2D eigenvalue weighted by atomic mass is 19.4. The molecular formula is C8H11F3N4O. The number of nitrogens with zero attached hydrogens (tertiary/aromatic N) is 4. The van der Waals surface area contributed by atoms with Gasteiger partial charge in [0.25, 0.3) is 0 Å². The van der Waals surface area contributed by atoms with Gasteiger partial charge in [0.15, 0.2) is 0 Å². The topological polar surface area (TPSA) is 69.1 Å². The first-order chi connectivity index (χ1) is 7.45. The van der Waals surface area contributed by atoms with Gasteiger partial charge in [-0.15, -0.1) is 0 Å². The molecule has 0 bridgehead atoms. The lowest BCUT2D eigenvalue weighted by molar-refractivity contribution is -0.187. The lowest BCUT2D eigenvalue weighted by Crippen LogP contribution is -2.45. The monoisotopic (exact) mass is 236 g/mol. The molecule has 1 aliphatic heterocycles. The Morgan fingerprint density at radius 3 is 2.81 bits per heavy atom. The molecule has 0 saturated carbocycles. The lowest BCUT2D eigenvalue weighted by atomic mass is 9.97. The highest BCUT2D eigenvalue weighted by Gasteiger charge is 2.42. The zero-order valence-corrected chi connectivity index (χ0v) is 8.44. The Bertz CT molecular complexity index is 311. The highest BCUT2D eigenvalue weighted by molar-refractivity contribution is 5.78. The minimum atomic E-state index is -4.27. The molecule has 1 amide bonds. The molecule has 0 aromatic carbocycles. The van der Waals surface area contributed by atoms with E-state index >= 15 is 0 Å². The minimum absolute atomic E-state index is 0.0504. The van der Waals surface area contributed by atoms with Crippen molar-refractivity contribution >= 4 is 5.91 Å². The van der Waals surface area contributed by atoms with Crippen LogP contribution < -0.4 is 0 Å². The number of alkyl halides is 3. The van der Waals surface area contributed by atoms with E-state index in [1.165, 1.54) is 0 Å². The summed E-state index contributed by atoms with van der Waals surface area (Å²) in [6, 6.07) is 0. The van der Waals surface area contributed by atoms with Gasteiger partial charge >= 0.3 is 6.18 Å². The van der Waals surface area contributed by atoms with Crippen molar-refractivity contribution in [3.8, 4) is 0 Å². The molecule has 1 aliphatic rings. The molecule has 0 aromatic heterocycles.